The predicted octanol–water partition coefficient (Wildman–Crippen LogP) is 4.45. The van der Waals surface area contributed by atoms with Crippen molar-refractivity contribution in [3.63, 3.8) is 0 Å². The highest BCUT2D eigenvalue weighted by molar-refractivity contribution is 9.10. The summed E-state index contributed by atoms with van der Waals surface area (Å²) in [5.41, 5.74) is 6.54. The van der Waals surface area contributed by atoms with Gasteiger partial charge in [-0.05, 0) is 68.0 Å². The van der Waals surface area contributed by atoms with Crippen LogP contribution in [-0.2, 0) is 21.4 Å². The quantitative estimate of drug-likeness (QED) is 0.517. The van der Waals surface area contributed by atoms with E-state index in [0.717, 1.165) is 10.0 Å². The van der Waals surface area contributed by atoms with Crippen LogP contribution in [0.3, 0.4) is 0 Å². The van der Waals surface area contributed by atoms with Crippen molar-refractivity contribution in [1.82, 2.24) is 10.2 Å². The molecule has 2 fully saturated rings. The van der Waals surface area contributed by atoms with Gasteiger partial charge in [0, 0.05) is 29.5 Å². The highest BCUT2D eigenvalue weighted by atomic mass is 79.9. The minimum absolute atomic E-state index is 0.161. The molecule has 6 nitrogen and oxygen atoms in total. The maximum Gasteiger partial charge on any atom is 0.573 e. The summed E-state index contributed by atoms with van der Waals surface area (Å²) in [7, 11) is 0. The van der Waals surface area contributed by atoms with Gasteiger partial charge in [-0.15, -0.1) is 13.2 Å². The molecule has 10 heteroatoms. The molecule has 1 heterocycles. The van der Waals surface area contributed by atoms with E-state index >= 15 is 0 Å². The zero-order chi connectivity index (χ0) is 26.1. The number of carbonyl (C=O) groups is 2. The first-order chi connectivity index (χ1) is 16.9. The number of halogens is 4. The molecule has 1 unspecified atom stereocenters. The minimum Gasteiger partial charge on any atom is -0.406 e. The largest absolute Gasteiger partial charge is 0.573 e. The van der Waals surface area contributed by atoms with Crippen molar-refractivity contribution in [2.24, 2.45) is 5.73 Å². The van der Waals surface area contributed by atoms with Gasteiger partial charge in [0.25, 0.3) is 0 Å². The van der Waals surface area contributed by atoms with Crippen LogP contribution in [0.4, 0.5) is 13.2 Å². The summed E-state index contributed by atoms with van der Waals surface area (Å²) in [6, 6.07) is 12.2. The Morgan fingerprint density at radius 2 is 1.64 bits per heavy atom. The number of piperidine rings is 1. The van der Waals surface area contributed by atoms with Gasteiger partial charge in [0.05, 0.1) is 5.41 Å². The number of ether oxygens (including phenoxy) is 1. The average Bonchev–Trinajstić information content (AvgIpc) is 3.61. The van der Waals surface area contributed by atoms with E-state index in [1.165, 1.54) is 24.3 Å². The molecule has 2 amide bonds. The molecule has 0 radical (unpaired) electrons. The van der Waals surface area contributed by atoms with E-state index in [2.05, 4.69) is 26.0 Å². The third-order valence-corrected chi connectivity index (χ3v) is 7.53. The maximum absolute atomic E-state index is 13.5. The molecule has 36 heavy (non-hydrogen) atoms. The maximum atomic E-state index is 13.5. The number of likely N-dealkylation sites (tertiary alicyclic amines) is 1. The second kappa shape index (κ2) is 10.0. The molecular weight excluding hydrogens is 539 g/mol. The number of hydrogen-bond donors (Lipinski definition) is 2. The van der Waals surface area contributed by atoms with Crippen LogP contribution in [-0.4, -0.2) is 47.7 Å². The van der Waals surface area contributed by atoms with Gasteiger partial charge in [-0.1, -0.05) is 40.2 Å². The molecule has 1 atom stereocenters. The molecule has 1 aliphatic carbocycles. The molecule has 0 bridgehead atoms. The van der Waals surface area contributed by atoms with Gasteiger partial charge in [0.15, 0.2) is 0 Å². The Kier molecular flexibility index (Phi) is 7.39. The first-order valence-electron chi connectivity index (χ1n) is 11.9. The van der Waals surface area contributed by atoms with E-state index in [0.29, 0.717) is 50.8 Å². The summed E-state index contributed by atoms with van der Waals surface area (Å²) in [5.74, 6) is -0.808. The summed E-state index contributed by atoms with van der Waals surface area (Å²) in [6.07, 6.45) is -2.02. The fourth-order valence-electron chi connectivity index (χ4n) is 4.56. The van der Waals surface area contributed by atoms with Crippen molar-refractivity contribution in [3.8, 4) is 5.75 Å². The van der Waals surface area contributed by atoms with Crippen molar-refractivity contribution in [1.29, 1.82) is 0 Å². The van der Waals surface area contributed by atoms with Crippen LogP contribution >= 0.6 is 15.9 Å². The van der Waals surface area contributed by atoms with Gasteiger partial charge in [0.1, 0.15) is 11.8 Å². The molecule has 3 N–H and O–H groups in total. The molecule has 4 rings (SSSR count). The lowest BCUT2D eigenvalue weighted by atomic mass is 9.90. The summed E-state index contributed by atoms with van der Waals surface area (Å²) < 4.78 is 42.4. The van der Waals surface area contributed by atoms with Crippen molar-refractivity contribution >= 4 is 27.7 Å². The third-order valence-electron chi connectivity index (χ3n) is 7.00. The summed E-state index contributed by atoms with van der Waals surface area (Å²) in [4.78, 5) is 28.7. The van der Waals surface area contributed by atoms with Crippen LogP contribution < -0.4 is 15.8 Å². The number of alkyl halides is 3. The Labute approximate surface area is 216 Å². The molecule has 0 aromatic heterocycles. The second-order valence-corrected chi connectivity index (χ2v) is 10.9. The van der Waals surface area contributed by atoms with Crippen LogP contribution in [0.1, 0.15) is 43.7 Å². The van der Waals surface area contributed by atoms with E-state index in [9.17, 15) is 22.8 Å². The van der Waals surface area contributed by atoms with E-state index in [4.69, 9.17) is 5.73 Å². The van der Waals surface area contributed by atoms with Gasteiger partial charge in [-0.2, -0.15) is 0 Å². The zero-order valence-electron chi connectivity index (χ0n) is 19.9. The molecule has 194 valence electrons. The van der Waals surface area contributed by atoms with Crippen LogP contribution in [0.2, 0.25) is 0 Å². The highest BCUT2D eigenvalue weighted by Gasteiger charge is 2.52. The Morgan fingerprint density at radius 3 is 2.17 bits per heavy atom. The monoisotopic (exact) mass is 567 g/mol. The molecule has 2 aliphatic rings. The Hall–Kier alpha value is -2.59. The molecule has 0 spiro atoms. The lowest BCUT2D eigenvalue weighted by Crippen LogP contribution is -2.56. The predicted molar refractivity (Wildman–Crippen MR) is 132 cm³/mol. The Bertz CT molecular complexity index is 1090. The lowest BCUT2D eigenvalue weighted by Gasteiger charge is -2.38. The first kappa shape index (κ1) is 26.5. The van der Waals surface area contributed by atoms with Gasteiger partial charge >= 0.3 is 6.36 Å². The number of hydrogen-bond acceptors (Lipinski definition) is 4. The van der Waals surface area contributed by atoms with Crippen LogP contribution in [0.25, 0.3) is 0 Å². The summed E-state index contributed by atoms with van der Waals surface area (Å²) in [6.45, 7) is 3.01. The van der Waals surface area contributed by atoms with Crippen molar-refractivity contribution < 1.29 is 27.5 Å². The average molecular weight is 568 g/mol. The molecule has 1 saturated heterocycles. The van der Waals surface area contributed by atoms with E-state index in [-0.39, 0.29) is 23.1 Å². The third kappa shape index (κ3) is 6.39. The number of nitrogens with one attached hydrogen (secondary N) is 1. The standard InChI is InChI=1S/C26H29BrF3N3O3/c1-24(31)12-14-33(15-13-24)22(34)21(16-17-2-6-19(27)7-3-17)32-23(35)25(10-11-25)18-4-8-20(9-5-18)36-26(28,29)30/h2-9,21H,10-16,31H2,1H3,(H,32,35). The van der Waals surface area contributed by atoms with Gasteiger partial charge < -0.3 is 20.7 Å². The minimum atomic E-state index is -4.79. The topological polar surface area (TPSA) is 84.7 Å². The second-order valence-electron chi connectivity index (χ2n) is 9.99. The molecule has 2 aromatic carbocycles. The lowest BCUT2D eigenvalue weighted by molar-refractivity contribution is -0.274. The van der Waals surface area contributed by atoms with E-state index < -0.39 is 17.8 Å². The first-order valence-corrected chi connectivity index (χ1v) is 12.7. The fraction of sp³-hybridized carbons (Fsp3) is 0.462. The molecular formula is C26H29BrF3N3O3. The summed E-state index contributed by atoms with van der Waals surface area (Å²) >= 11 is 3.41. The van der Waals surface area contributed by atoms with Gasteiger partial charge in [-0.25, -0.2) is 0 Å². The van der Waals surface area contributed by atoms with Crippen LogP contribution in [0, 0.1) is 0 Å². The number of carbonyl (C=O) groups excluding carboxylic acids is 2. The van der Waals surface area contributed by atoms with Gasteiger partial charge in [0.2, 0.25) is 11.8 Å². The zero-order valence-corrected chi connectivity index (χ0v) is 21.5. The Morgan fingerprint density at radius 1 is 1.06 bits per heavy atom. The van der Waals surface area contributed by atoms with Crippen LogP contribution in [0.15, 0.2) is 53.0 Å². The number of amides is 2. The number of nitrogens with zero attached hydrogens (tertiary/aromatic N) is 1. The SMILES string of the molecule is CC1(N)CCN(C(=O)C(Cc2ccc(Br)cc2)NC(=O)C2(c3ccc(OC(F)(F)F)cc3)CC2)CC1. The normalized spacial score (nSPS) is 19.3. The van der Waals surface area contributed by atoms with Crippen molar-refractivity contribution in [2.45, 2.75) is 62.4 Å². The number of rotatable bonds is 7. The molecule has 1 aliphatic heterocycles. The number of nitrogens with two attached hydrogens (primary N) is 1. The summed E-state index contributed by atoms with van der Waals surface area (Å²) in [5, 5.41) is 2.97. The van der Waals surface area contributed by atoms with Crippen molar-refractivity contribution in [2.75, 3.05) is 13.1 Å². The highest BCUT2D eigenvalue weighted by Crippen LogP contribution is 2.49. The van der Waals surface area contributed by atoms with Crippen LogP contribution in [0.5, 0.6) is 5.75 Å². The number of benzene rings is 2. The smallest absolute Gasteiger partial charge is 0.406 e. The van der Waals surface area contributed by atoms with E-state index in [1.807, 2.05) is 31.2 Å². The molecule has 1 saturated carbocycles. The Balaban J connectivity index is 1.51. The van der Waals surface area contributed by atoms with Gasteiger partial charge in [-0.3, -0.25) is 9.59 Å². The molecule has 2 aromatic rings. The van der Waals surface area contributed by atoms with E-state index in [1.54, 1.807) is 4.90 Å². The fourth-order valence-corrected chi connectivity index (χ4v) is 4.82. The van der Waals surface area contributed by atoms with Crippen molar-refractivity contribution in [3.05, 3.63) is 64.1 Å².